The number of hydrogen-bond donors (Lipinski definition) is 3. The highest BCUT2D eigenvalue weighted by atomic mass is 16.7. The molecular formula is C10H12N6O3. The average Bonchev–Trinajstić information content (AvgIpc) is 2.91. The Morgan fingerprint density at radius 2 is 2.11 bits per heavy atom. The molecule has 2 aliphatic heterocycles. The predicted octanol–water partition coefficient (Wildman–Crippen LogP) is -1.35. The number of rotatable bonds is 2. The van der Waals surface area contributed by atoms with Gasteiger partial charge in [0.15, 0.2) is 17.7 Å². The lowest BCUT2D eigenvalue weighted by molar-refractivity contribution is -0.0823. The maximum Gasteiger partial charge on any atom is 0.224 e. The molecule has 0 aromatic carbocycles. The summed E-state index contributed by atoms with van der Waals surface area (Å²) in [6, 6.07) is 0. The van der Waals surface area contributed by atoms with E-state index in [9.17, 15) is 5.11 Å². The molecule has 0 spiro atoms. The third-order valence-electron chi connectivity index (χ3n) is 3.44. The van der Waals surface area contributed by atoms with Gasteiger partial charge in [-0.1, -0.05) is 0 Å². The van der Waals surface area contributed by atoms with Crippen LogP contribution >= 0.6 is 0 Å². The van der Waals surface area contributed by atoms with Crippen LogP contribution in [0.2, 0.25) is 0 Å². The Bertz CT molecular complexity index is 658. The Balaban J connectivity index is 1.80. The maximum absolute atomic E-state index is 9.18. The van der Waals surface area contributed by atoms with E-state index in [1.165, 1.54) is 0 Å². The number of fused-ring (bicyclic) bond motifs is 2. The molecule has 19 heavy (non-hydrogen) atoms. The molecule has 4 atom stereocenters. The summed E-state index contributed by atoms with van der Waals surface area (Å²) < 4.78 is 12.9. The third kappa shape index (κ3) is 1.43. The van der Waals surface area contributed by atoms with Gasteiger partial charge in [0.05, 0.1) is 12.9 Å². The molecule has 9 heteroatoms. The van der Waals surface area contributed by atoms with Gasteiger partial charge < -0.3 is 26.0 Å². The molecule has 2 aromatic rings. The monoisotopic (exact) mass is 264 g/mol. The quantitative estimate of drug-likeness (QED) is 0.566. The zero-order valence-corrected chi connectivity index (χ0v) is 9.80. The molecule has 4 heterocycles. The molecule has 100 valence electrons. The number of epoxide rings is 1. The van der Waals surface area contributed by atoms with Crippen LogP contribution in [0.1, 0.15) is 6.23 Å². The Hall–Kier alpha value is -1.97. The molecule has 4 rings (SSSR count). The van der Waals surface area contributed by atoms with Gasteiger partial charge in [0, 0.05) is 0 Å². The summed E-state index contributed by atoms with van der Waals surface area (Å²) in [7, 11) is 0. The molecule has 2 fully saturated rings. The Kier molecular flexibility index (Phi) is 2.03. The van der Waals surface area contributed by atoms with Gasteiger partial charge in [-0.2, -0.15) is 9.97 Å². The highest BCUT2D eigenvalue weighted by Crippen LogP contribution is 2.45. The number of aliphatic hydroxyl groups is 1. The predicted molar refractivity (Wildman–Crippen MR) is 63.8 cm³/mol. The Morgan fingerprint density at radius 1 is 1.26 bits per heavy atom. The van der Waals surface area contributed by atoms with Crippen LogP contribution in [0, 0.1) is 0 Å². The van der Waals surface area contributed by atoms with Crippen molar-refractivity contribution in [1.29, 1.82) is 0 Å². The highest BCUT2D eigenvalue weighted by Gasteiger charge is 2.58. The molecule has 0 radical (unpaired) electrons. The third-order valence-corrected chi connectivity index (χ3v) is 3.44. The van der Waals surface area contributed by atoms with Crippen LogP contribution in [0.4, 0.5) is 11.8 Å². The van der Waals surface area contributed by atoms with E-state index >= 15 is 0 Å². The van der Waals surface area contributed by atoms with Crippen molar-refractivity contribution in [2.45, 2.75) is 24.5 Å². The van der Waals surface area contributed by atoms with Crippen LogP contribution < -0.4 is 11.5 Å². The number of nitrogens with zero attached hydrogens (tertiary/aromatic N) is 4. The van der Waals surface area contributed by atoms with Crippen molar-refractivity contribution in [2.24, 2.45) is 0 Å². The van der Waals surface area contributed by atoms with Gasteiger partial charge in [0.2, 0.25) is 5.95 Å². The standard InChI is InChI=1S/C10H12N6O3/c11-7-4-8(15-10(12)14-7)16(2-13-4)9-6-5(19-6)3(1-17)18-9/h2-3,5-6,9,17H,1H2,(H4,11,12,14,15)/t3-,5-,6-,9-/m1/s1. The minimum Gasteiger partial charge on any atom is -0.394 e. The van der Waals surface area contributed by atoms with Gasteiger partial charge in [0.25, 0.3) is 0 Å². The first-order chi connectivity index (χ1) is 9.19. The number of imidazole rings is 1. The van der Waals surface area contributed by atoms with Gasteiger partial charge in [0.1, 0.15) is 23.8 Å². The molecule has 9 nitrogen and oxygen atoms in total. The number of aromatic nitrogens is 4. The van der Waals surface area contributed by atoms with Crippen LogP contribution in [0.3, 0.4) is 0 Å². The Morgan fingerprint density at radius 3 is 2.84 bits per heavy atom. The van der Waals surface area contributed by atoms with E-state index in [0.717, 1.165) is 0 Å². The van der Waals surface area contributed by atoms with Crippen molar-refractivity contribution in [1.82, 2.24) is 19.5 Å². The van der Waals surface area contributed by atoms with Crippen molar-refractivity contribution >= 4 is 22.9 Å². The summed E-state index contributed by atoms with van der Waals surface area (Å²) in [5.41, 5.74) is 12.3. The van der Waals surface area contributed by atoms with Crippen molar-refractivity contribution in [3.63, 3.8) is 0 Å². The summed E-state index contributed by atoms with van der Waals surface area (Å²) in [5, 5.41) is 9.18. The van der Waals surface area contributed by atoms with E-state index < -0.39 is 0 Å². The van der Waals surface area contributed by atoms with Crippen LogP contribution in [0.15, 0.2) is 6.33 Å². The maximum atomic E-state index is 9.18. The van der Waals surface area contributed by atoms with E-state index in [2.05, 4.69) is 15.0 Å². The first-order valence-corrected chi connectivity index (χ1v) is 5.86. The molecule has 0 unspecified atom stereocenters. The lowest BCUT2D eigenvalue weighted by Gasteiger charge is -2.17. The van der Waals surface area contributed by atoms with E-state index in [1.807, 2.05) is 0 Å². The van der Waals surface area contributed by atoms with Crippen molar-refractivity contribution < 1.29 is 14.6 Å². The molecule has 0 amide bonds. The van der Waals surface area contributed by atoms with Gasteiger partial charge in [-0.15, -0.1) is 0 Å². The fraction of sp³-hybridized carbons (Fsp3) is 0.500. The number of nitrogens with two attached hydrogens (primary N) is 2. The first-order valence-electron chi connectivity index (χ1n) is 5.86. The second kappa shape index (κ2) is 3.53. The molecule has 2 aliphatic rings. The fourth-order valence-electron chi connectivity index (χ4n) is 2.51. The van der Waals surface area contributed by atoms with Crippen molar-refractivity contribution in [3.05, 3.63) is 6.33 Å². The molecule has 2 aromatic heterocycles. The van der Waals surface area contributed by atoms with E-state index in [-0.39, 0.29) is 42.9 Å². The van der Waals surface area contributed by atoms with Gasteiger partial charge in [-0.05, 0) is 0 Å². The van der Waals surface area contributed by atoms with Gasteiger partial charge in [-0.3, -0.25) is 4.57 Å². The van der Waals surface area contributed by atoms with Crippen molar-refractivity contribution in [3.8, 4) is 0 Å². The number of anilines is 2. The molecule has 5 N–H and O–H groups in total. The van der Waals surface area contributed by atoms with Crippen LogP contribution in [0.25, 0.3) is 11.2 Å². The highest BCUT2D eigenvalue weighted by molar-refractivity contribution is 5.82. The largest absolute Gasteiger partial charge is 0.394 e. The average molecular weight is 264 g/mol. The molecule has 0 saturated carbocycles. The lowest BCUT2D eigenvalue weighted by Crippen LogP contribution is -2.22. The summed E-state index contributed by atoms with van der Waals surface area (Å²) >= 11 is 0. The van der Waals surface area contributed by atoms with Crippen molar-refractivity contribution in [2.75, 3.05) is 18.1 Å². The molecule has 2 saturated heterocycles. The number of aliphatic hydroxyl groups excluding tert-OH is 1. The molecule has 0 aliphatic carbocycles. The summed E-state index contributed by atoms with van der Waals surface area (Å²) in [6.45, 7) is -0.0798. The lowest BCUT2D eigenvalue weighted by atomic mass is 10.2. The second-order valence-corrected chi connectivity index (χ2v) is 4.60. The minimum atomic E-state index is -0.374. The normalized spacial score (nSPS) is 32.7. The fourth-order valence-corrected chi connectivity index (χ4v) is 2.51. The molecule has 0 bridgehead atoms. The number of nitrogen functional groups attached to an aromatic ring is 2. The van der Waals surface area contributed by atoms with Crippen LogP contribution in [-0.2, 0) is 9.47 Å². The van der Waals surface area contributed by atoms with Crippen LogP contribution in [0.5, 0.6) is 0 Å². The minimum absolute atomic E-state index is 0.0658. The summed E-state index contributed by atoms with van der Waals surface area (Å²) in [5.74, 6) is 0.308. The first kappa shape index (κ1) is 10.9. The van der Waals surface area contributed by atoms with Gasteiger partial charge in [-0.25, -0.2) is 4.98 Å². The van der Waals surface area contributed by atoms with E-state index in [0.29, 0.717) is 11.2 Å². The van der Waals surface area contributed by atoms with Gasteiger partial charge >= 0.3 is 0 Å². The van der Waals surface area contributed by atoms with E-state index in [1.54, 1.807) is 10.9 Å². The summed E-state index contributed by atoms with van der Waals surface area (Å²) in [6.07, 6.45) is 0.721. The van der Waals surface area contributed by atoms with Crippen LogP contribution in [-0.4, -0.2) is 49.5 Å². The zero-order valence-electron chi connectivity index (χ0n) is 9.80. The van der Waals surface area contributed by atoms with E-state index in [4.69, 9.17) is 20.9 Å². The topological polar surface area (TPSA) is 138 Å². The Labute approximate surface area is 107 Å². The second-order valence-electron chi connectivity index (χ2n) is 4.60. The summed E-state index contributed by atoms with van der Waals surface area (Å²) in [4.78, 5) is 12.2. The smallest absolute Gasteiger partial charge is 0.224 e. The molecular weight excluding hydrogens is 252 g/mol. The zero-order chi connectivity index (χ0) is 13.1. The number of hydrogen-bond acceptors (Lipinski definition) is 8. The number of ether oxygens (including phenoxy) is 2. The SMILES string of the molecule is Nc1nc(N)c2ncn([C@@H]3O[C@H](CO)[C@H]4O[C@H]43)c2n1.